The maximum atomic E-state index is 14.7. The van der Waals surface area contributed by atoms with Crippen LogP contribution in [0.4, 0.5) is 21.5 Å². The molecule has 0 radical (unpaired) electrons. The lowest BCUT2D eigenvalue weighted by Gasteiger charge is -2.42. The lowest BCUT2D eigenvalue weighted by atomic mass is 10.00. The van der Waals surface area contributed by atoms with Crippen LogP contribution in [-0.2, 0) is 19.6 Å². The maximum absolute atomic E-state index is 14.7. The van der Waals surface area contributed by atoms with Crippen molar-refractivity contribution in [3.63, 3.8) is 0 Å². The number of carbonyl (C=O) groups is 2. The summed E-state index contributed by atoms with van der Waals surface area (Å²) in [6.07, 6.45) is 0. The third-order valence-electron chi connectivity index (χ3n) is 4.28. The van der Waals surface area contributed by atoms with Crippen LogP contribution in [0.2, 0.25) is 5.02 Å². The average molecular weight is 426 g/mol. The van der Waals surface area contributed by atoms with Gasteiger partial charge < -0.3 is 10.6 Å². The normalized spacial score (nSPS) is 15.6. The molecule has 0 atom stereocenters. The summed E-state index contributed by atoms with van der Waals surface area (Å²) in [6.45, 7) is 4.05. The third-order valence-corrected chi connectivity index (χ3v) is 6.60. The molecule has 7 nitrogen and oxygen atoms in total. The van der Waals surface area contributed by atoms with Crippen LogP contribution in [0.15, 0.2) is 41.3 Å². The SMILES string of the molecule is CC(=O)Nc1cc(F)c(S(=O)(=O)N2c3ccccc3NC(=O)C2(C)C)cc1Cl. The molecule has 2 aromatic rings. The molecule has 0 aliphatic carbocycles. The van der Waals surface area contributed by atoms with Crippen molar-refractivity contribution < 1.29 is 22.4 Å². The summed E-state index contributed by atoms with van der Waals surface area (Å²) in [5.74, 6) is -2.15. The molecule has 1 aliphatic heterocycles. The van der Waals surface area contributed by atoms with E-state index in [9.17, 15) is 22.4 Å². The highest BCUT2D eigenvalue weighted by Gasteiger charge is 2.47. The van der Waals surface area contributed by atoms with E-state index in [0.29, 0.717) is 0 Å². The monoisotopic (exact) mass is 425 g/mol. The summed E-state index contributed by atoms with van der Waals surface area (Å²) in [5.41, 5.74) is -1.09. The first-order chi connectivity index (χ1) is 13.0. The minimum atomic E-state index is -4.51. The van der Waals surface area contributed by atoms with Gasteiger partial charge in [-0.05, 0) is 32.0 Å². The van der Waals surface area contributed by atoms with Gasteiger partial charge in [0.25, 0.3) is 15.9 Å². The van der Waals surface area contributed by atoms with Crippen LogP contribution in [0, 0.1) is 5.82 Å². The molecule has 2 N–H and O–H groups in total. The van der Waals surface area contributed by atoms with Gasteiger partial charge in [0.1, 0.15) is 16.3 Å². The molecule has 148 valence electrons. The number of rotatable bonds is 3. The van der Waals surface area contributed by atoms with Crippen molar-refractivity contribution in [2.24, 2.45) is 0 Å². The van der Waals surface area contributed by atoms with Crippen LogP contribution in [0.5, 0.6) is 0 Å². The van der Waals surface area contributed by atoms with Crippen molar-refractivity contribution >= 4 is 50.5 Å². The fourth-order valence-corrected chi connectivity index (χ4v) is 5.11. The van der Waals surface area contributed by atoms with Crippen molar-refractivity contribution in [1.82, 2.24) is 0 Å². The second-order valence-electron chi connectivity index (χ2n) is 6.74. The van der Waals surface area contributed by atoms with Crippen LogP contribution in [0.3, 0.4) is 0 Å². The Morgan fingerprint density at radius 1 is 1.25 bits per heavy atom. The quantitative estimate of drug-likeness (QED) is 0.788. The molecule has 0 saturated carbocycles. The van der Waals surface area contributed by atoms with Crippen LogP contribution in [-0.4, -0.2) is 25.8 Å². The Bertz CT molecular complexity index is 1100. The van der Waals surface area contributed by atoms with Gasteiger partial charge in [-0.1, -0.05) is 23.7 Å². The van der Waals surface area contributed by atoms with Crippen molar-refractivity contribution in [2.75, 3.05) is 14.9 Å². The number of hydrogen-bond donors (Lipinski definition) is 2. The number of benzene rings is 2. The fraction of sp³-hybridized carbons (Fsp3) is 0.222. The largest absolute Gasteiger partial charge is 0.325 e. The highest BCUT2D eigenvalue weighted by molar-refractivity contribution is 7.93. The van der Waals surface area contributed by atoms with Crippen LogP contribution >= 0.6 is 11.6 Å². The molecular weight excluding hydrogens is 409 g/mol. The number of nitrogens with one attached hydrogen (secondary N) is 2. The molecule has 2 aromatic carbocycles. The van der Waals surface area contributed by atoms with Gasteiger partial charge in [-0.3, -0.25) is 9.59 Å². The number of fused-ring (bicyclic) bond motifs is 1. The van der Waals surface area contributed by atoms with Crippen LogP contribution in [0.25, 0.3) is 0 Å². The van der Waals surface area contributed by atoms with Gasteiger partial charge in [0, 0.05) is 13.0 Å². The summed E-state index contributed by atoms with van der Waals surface area (Å²) < 4.78 is 42.4. The highest BCUT2D eigenvalue weighted by atomic mass is 35.5. The molecule has 1 aliphatic rings. The van der Waals surface area contributed by atoms with E-state index in [1.54, 1.807) is 18.2 Å². The minimum Gasteiger partial charge on any atom is -0.325 e. The lowest BCUT2D eigenvalue weighted by molar-refractivity contribution is -0.120. The topological polar surface area (TPSA) is 95.6 Å². The minimum absolute atomic E-state index is 0.0540. The molecule has 2 amide bonds. The molecule has 28 heavy (non-hydrogen) atoms. The van der Waals surface area contributed by atoms with E-state index in [0.717, 1.165) is 16.4 Å². The first kappa shape index (κ1) is 20.1. The second-order valence-corrected chi connectivity index (χ2v) is 8.91. The van der Waals surface area contributed by atoms with Crippen molar-refractivity contribution in [1.29, 1.82) is 0 Å². The standard InChI is InChI=1S/C18H17ClFN3O4S/c1-10(24)21-14-9-12(20)16(8-11(14)19)28(26,27)23-15-7-5-4-6-13(15)22-17(25)18(23,2)3/h4-9H,1-3H3,(H,21,24)(H,22,25). The molecule has 0 saturated heterocycles. The van der Waals surface area contributed by atoms with E-state index >= 15 is 0 Å². The maximum Gasteiger partial charge on any atom is 0.268 e. The predicted octanol–water partition coefficient (Wildman–Crippen LogP) is 3.36. The Balaban J connectivity index is 2.21. The van der Waals surface area contributed by atoms with E-state index < -0.39 is 38.1 Å². The van der Waals surface area contributed by atoms with Crippen molar-refractivity contribution in [3.8, 4) is 0 Å². The lowest BCUT2D eigenvalue weighted by Crippen LogP contribution is -2.58. The predicted molar refractivity (Wildman–Crippen MR) is 105 cm³/mol. The van der Waals surface area contributed by atoms with E-state index in [1.165, 1.54) is 26.8 Å². The molecule has 0 fully saturated rings. The Hall–Kier alpha value is -2.65. The van der Waals surface area contributed by atoms with Gasteiger partial charge in [0.15, 0.2) is 0 Å². The Labute approximate surface area is 166 Å². The zero-order valence-corrected chi connectivity index (χ0v) is 16.8. The van der Waals surface area contributed by atoms with Crippen molar-refractivity contribution in [3.05, 3.63) is 47.2 Å². The van der Waals surface area contributed by atoms with E-state index in [-0.39, 0.29) is 22.1 Å². The van der Waals surface area contributed by atoms with Gasteiger partial charge >= 0.3 is 0 Å². The summed E-state index contributed by atoms with van der Waals surface area (Å²) in [5, 5.41) is 4.83. The van der Waals surface area contributed by atoms with Gasteiger partial charge in [-0.25, -0.2) is 17.1 Å². The molecule has 0 spiro atoms. The Morgan fingerprint density at radius 3 is 2.54 bits per heavy atom. The molecule has 0 bridgehead atoms. The fourth-order valence-electron chi connectivity index (χ4n) is 2.97. The van der Waals surface area contributed by atoms with Gasteiger partial charge in [0.2, 0.25) is 5.91 Å². The smallest absolute Gasteiger partial charge is 0.268 e. The number of hydrogen-bond acceptors (Lipinski definition) is 4. The first-order valence-corrected chi connectivity index (χ1v) is 10.0. The Morgan fingerprint density at radius 2 is 1.89 bits per heavy atom. The zero-order chi connectivity index (χ0) is 20.9. The van der Waals surface area contributed by atoms with E-state index in [4.69, 9.17) is 11.6 Å². The second kappa shape index (κ2) is 6.75. The van der Waals surface area contributed by atoms with E-state index in [1.807, 2.05) is 0 Å². The summed E-state index contributed by atoms with van der Waals surface area (Å²) >= 11 is 6.05. The molecule has 0 unspecified atom stereocenters. The van der Waals surface area contributed by atoms with E-state index in [2.05, 4.69) is 10.6 Å². The highest BCUT2D eigenvalue weighted by Crippen LogP contribution is 2.41. The number of sulfonamides is 1. The molecular formula is C18H17ClFN3O4S. The number of nitrogens with zero attached hydrogens (tertiary/aromatic N) is 1. The number of para-hydroxylation sites is 2. The summed E-state index contributed by atoms with van der Waals surface area (Å²) in [4.78, 5) is 23.0. The number of anilines is 3. The number of amides is 2. The van der Waals surface area contributed by atoms with Gasteiger partial charge in [-0.15, -0.1) is 0 Å². The summed E-state index contributed by atoms with van der Waals surface area (Å²) in [7, 11) is -4.51. The molecule has 1 heterocycles. The van der Waals surface area contributed by atoms with Gasteiger partial charge in [-0.2, -0.15) is 0 Å². The molecule has 10 heteroatoms. The molecule has 0 aromatic heterocycles. The third kappa shape index (κ3) is 3.20. The zero-order valence-electron chi connectivity index (χ0n) is 15.2. The number of carbonyl (C=O) groups excluding carboxylic acids is 2. The van der Waals surface area contributed by atoms with Crippen LogP contribution < -0.4 is 14.9 Å². The van der Waals surface area contributed by atoms with Gasteiger partial charge in [0.05, 0.1) is 22.1 Å². The van der Waals surface area contributed by atoms with Crippen LogP contribution in [0.1, 0.15) is 20.8 Å². The summed E-state index contributed by atoms with van der Waals surface area (Å²) in [6, 6.07) is 8.07. The average Bonchev–Trinajstić information content (AvgIpc) is 2.57. The Kier molecular flexibility index (Phi) is 4.84. The van der Waals surface area contributed by atoms with Crippen molar-refractivity contribution in [2.45, 2.75) is 31.2 Å². The number of halogens is 2. The first-order valence-electron chi connectivity index (χ1n) is 8.19. The molecule has 3 rings (SSSR count).